The molecule has 1 aromatic heterocycles. The van der Waals surface area contributed by atoms with Crippen LogP contribution < -0.4 is 5.32 Å². The first kappa shape index (κ1) is 25.6. The Morgan fingerprint density at radius 2 is 1.46 bits per heavy atom. The molecular weight excluding hydrogens is 490 g/mol. The van der Waals surface area contributed by atoms with E-state index in [1.807, 2.05) is 6.20 Å². The molecule has 7 fully saturated rings. The summed E-state index contributed by atoms with van der Waals surface area (Å²) in [6.07, 6.45) is 14.7. The predicted molar refractivity (Wildman–Crippen MR) is 150 cm³/mol. The second kappa shape index (κ2) is 10.0. The third kappa shape index (κ3) is 3.29. The van der Waals surface area contributed by atoms with Crippen molar-refractivity contribution in [2.45, 2.75) is 68.9 Å². The fourth-order valence-corrected chi connectivity index (χ4v) is 10.0. The van der Waals surface area contributed by atoms with E-state index in [9.17, 15) is 0 Å². The van der Waals surface area contributed by atoms with Gasteiger partial charge in [-0.3, -0.25) is 19.6 Å². The summed E-state index contributed by atoms with van der Waals surface area (Å²) in [5.74, 6) is 1.06. The molecule has 10 heteroatoms. The van der Waals surface area contributed by atoms with E-state index in [-0.39, 0.29) is 16.9 Å². The Kier molecular flexibility index (Phi) is 6.57. The van der Waals surface area contributed by atoms with Gasteiger partial charge >= 0.3 is 0 Å². The lowest BCUT2D eigenvalue weighted by Gasteiger charge is -2.88. The number of hydrogen-bond acceptors (Lipinski definition) is 9. The van der Waals surface area contributed by atoms with Crippen LogP contribution in [-0.2, 0) is 10.4 Å². The minimum Gasteiger partial charge on any atom is -0.379 e. The average molecular weight is 540 g/mol. The number of hydrazine groups is 1. The van der Waals surface area contributed by atoms with Crippen LogP contribution >= 0.6 is 0 Å². The van der Waals surface area contributed by atoms with Gasteiger partial charge in [-0.1, -0.05) is 6.42 Å². The van der Waals surface area contributed by atoms with Crippen LogP contribution in [0.3, 0.4) is 0 Å². The van der Waals surface area contributed by atoms with E-state index in [2.05, 4.69) is 46.1 Å². The van der Waals surface area contributed by atoms with Crippen molar-refractivity contribution in [3.8, 4) is 0 Å². The molecule has 8 rings (SSSR count). The first-order valence-electron chi connectivity index (χ1n) is 16.2. The van der Waals surface area contributed by atoms with Gasteiger partial charge in [0.05, 0.1) is 18.6 Å². The predicted octanol–water partition coefficient (Wildman–Crippen LogP) is 1.12. The maximum absolute atomic E-state index is 6.01. The quantitative estimate of drug-likeness (QED) is 0.554. The second-order valence-electron chi connectivity index (χ2n) is 13.0. The SMILES string of the molecule is c1c[nH]c(C2(N3CCOCC3)N(N3CCNCC3)C(N3CCCCC3)(N3CCCC3)C23CCC3N2CCC2)n1. The van der Waals surface area contributed by atoms with Gasteiger partial charge in [0.15, 0.2) is 11.4 Å². The van der Waals surface area contributed by atoms with Gasteiger partial charge in [-0.2, -0.15) is 5.01 Å². The molecular formula is C29H49N9O. The van der Waals surface area contributed by atoms with Crippen LogP contribution in [-0.4, -0.2) is 143 Å². The van der Waals surface area contributed by atoms with Crippen molar-refractivity contribution >= 4 is 0 Å². The summed E-state index contributed by atoms with van der Waals surface area (Å²) in [5, 5.41) is 9.41. The van der Waals surface area contributed by atoms with Crippen molar-refractivity contribution in [2.24, 2.45) is 5.41 Å². The van der Waals surface area contributed by atoms with E-state index in [0.717, 1.165) is 52.5 Å². The number of nitrogens with zero attached hydrogens (tertiary/aromatic N) is 7. The molecule has 216 valence electrons. The third-order valence-electron chi connectivity index (χ3n) is 11.6. The second-order valence-corrected chi connectivity index (χ2v) is 13.0. The number of piperazine rings is 1. The van der Waals surface area contributed by atoms with Crippen LogP contribution in [0.5, 0.6) is 0 Å². The Hall–Kier alpha value is -1.11. The summed E-state index contributed by atoms with van der Waals surface area (Å²) in [6.45, 7) is 15.1. The van der Waals surface area contributed by atoms with Crippen molar-refractivity contribution < 1.29 is 4.74 Å². The normalized spacial score (nSPS) is 41.9. The standard InChI is InChI=1S/C29H49N9O/c1-2-15-35(16-3-1)29(36-17-4-5-18-36)27(8-7-25(27)33-13-6-14-33)28(26-31-9-10-32-26,34-21-23-39-24-22-34)38(29)37-19-11-30-12-20-37/h9-10,25,30H,1-8,11-24H2,(H,31,32). The summed E-state index contributed by atoms with van der Waals surface area (Å²) < 4.78 is 6.01. The Morgan fingerprint density at radius 3 is 2.03 bits per heavy atom. The van der Waals surface area contributed by atoms with Crippen LogP contribution in [0.4, 0.5) is 0 Å². The zero-order valence-electron chi connectivity index (χ0n) is 23.8. The lowest BCUT2D eigenvalue weighted by Crippen LogP contribution is -3.03. The monoisotopic (exact) mass is 539 g/mol. The molecule has 6 saturated heterocycles. The molecule has 39 heavy (non-hydrogen) atoms. The van der Waals surface area contributed by atoms with Crippen LogP contribution in [0.1, 0.15) is 57.2 Å². The van der Waals surface area contributed by atoms with Crippen molar-refractivity contribution in [3.63, 3.8) is 0 Å². The highest BCUT2D eigenvalue weighted by atomic mass is 16.5. The summed E-state index contributed by atoms with van der Waals surface area (Å²) in [5.41, 5.74) is -0.238. The van der Waals surface area contributed by atoms with Gasteiger partial charge in [0.25, 0.3) is 0 Å². The van der Waals surface area contributed by atoms with Crippen LogP contribution in [0.2, 0.25) is 0 Å². The maximum Gasteiger partial charge on any atom is 0.161 e. The van der Waals surface area contributed by atoms with Crippen molar-refractivity contribution in [1.29, 1.82) is 0 Å². The van der Waals surface area contributed by atoms with E-state index >= 15 is 0 Å². The number of piperidine rings is 1. The summed E-state index contributed by atoms with van der Waals surface area (Å²) in [7, 11) is 0. The van der Waals surface area contributed by atoms with E-state index in [1.165, 1.54) is 96.5 Å². The van der Waals surface area contributed by atoms with E-state index < -0.39 is 0 Å². The molecule has 1 spiro atoms. The van der Waals surface area contributed by atoms with Crippen LogP contribution in [0, 0.1) is 5.41 Å². The Bertz CT molecular complexity index is 981. The first-order chi connectivity index (χ1) is 19.3. The number of H-pyrrole nitrogens is 1. The molecule has 4 unspecified atom stereocenters. The topological polar surface area (TPSA) is 69.4 Å². The Morgan fingerprint density at radius 1 is 0.769 bits per heavy atom. The minimum atomic E-state index is -0.295. The van der Waals surface area contributed by atoms with Gasteiger partial charge in [-0.25, -0.2) is 9.99 Å². The smallest absolute Gasteiger partial charge is 0.161 e. The zero-order valence-corrected chi connectivity index (χ0v) is 23.8. The molecule has 2 N–H and O–H groups in total. The number of morpholine rings is 1. The van der Waals surface area contributed by atoms with E-state index in [1.54, 1.807) is 0 Å². The lowest BCUT2D eigenvalue weighted by molar-refractivity contribution is -0.518. The molecule has 10 nitrogen and oxygen atoms in total. The molecule has 7 heterocycles. The molecule has 0 bridgehead atoms. The highest BCUT2D eigenvalue weighted by Gasteiger charge is 2.91. The third-order valence-corrected chi connectivity index (χ3v) is 11.6. The zero-order chi connectivity index (χ0) is 25.9. The fourth-order valence-electron chi connectivity index (χ4n) is 10.0. The van der Waals surface area contributed by atoms with Gasteiger partial charge in [-0.05, 0) is 58.0 Å². The number of aromatic nitrogens is 2. The molecule has 4 atom stereocenters. The number of rotatable bonds is 6. The Balaban J connectivity index is 1.39. The molecule has 0 aromatic carbocycles. The van der Waals surface area contributed by atoms with Gasteiger partial charge in [0.2, 0.25) is 0 Å². The van der Waals surface area contributed by atoms with Crippen LogP contribution in [0.25, 0.3) is 0 Å². The minimum absolute atomic E-state index is 0.0577. The number of ether oxygens (including phenoxy) is 1. The summed E-state index contributed by atoms with van der Waals surface area (Å²) in [6, 6.07) is 0.584. The molecule has 1 saturated carbocycles. The average Bonchev–Trinajstić information content (AvgIpc) is 3.68. The number of hydrogen-bond donors (Lipinski definition) is 2. The molecule has 7 aliphatic rings. The van der Waals surface area contributed by atoms with Gasteiger partial charge in [0, 0.05) is 83.9 Å². The molecule has 0 radical (unpaired) electrons. The molecule has 0 amide bonds. The van der Waals surface area contributed by atoms with Crippen LogP contribution in [0.15, 0.2) is 12.4 Å². The summed E-state index contributed by atoms with van der Waals surface area (Å²) in [4.78, 5) is 20.6. The highest BCUT2D eigenvalue weighted by Crippen LogP contribution is 2.76. The summed E-state index contributed by atoms with van der Waals surface area (Å²) >= 11 is 0. The number of nitrogens with one attached hydrogen (secondary N) is 2. The van der Waals surface area contributed by atoms with E-state index in [0.29, 0.717) is 6.04 Å². The lowest BCUT2D eigenvalue weighted by atomic mass is 9.44. The molecule has 1 aliphatic carbocycles. The van der Waals surface area contributed by atoms with Crippen molar-refractivity contribution in [3.05, 3.63) is 18.2 Å². The molecule has 6 aliphatic heterocycles. The van der Waals surface area contributed by atoms with Gasteiger partial charge in [0.1, 0.15) is 5.82 Å². The Labute approximate surface area is 234 Å². The largest absolute Gasteiger partial charge is 0.379 e. The fraction of sp³-hybridized carbons (Fsp3) is 0.897. The number of imidazole rings is 1. The highest BCUT2D eigenvalue weighted by molar-refractivity contribution is 5.37. The van der Waals surface area contributed by atoms with Crippen molar-refractivity contribution in [2.75, 3.05) is 91.8 Å². The van der Waals surface area contributed by atoms with E-state index in [4.69, 9.17) is 9.72 Å². The van der Waals surface area contributed by atoms with Gasteiger partial charge < -0.3 is 15.0 Å². The first-order valence-corrected chi connectivity index (χ1v) is 16.2. The van der Waals surface area contributed by atoms with Gasteiger partial charge in [-0.15, -0.1) is 0 Å². The number of aromatic amines is 1. The maximum atomic E-state index is 6.01. The molecule has 1 aromatic rings. The van der Waals surface area contributed by atoms with Crippen molar-refractivity contribution in [1.82, 2.24) is 44.9 Å². The number of likely N-dealkylation sites (tertiary alicyclic amines) is 3.